The summed E-state index contributed by atoms with van der Waals surface area (Å²) in [5, 5.41) is 0. The second kappa shape index (κ2) is 19.3. The Morgan fingerprint density at radius 2 is 1.00 bits per heavy atom. The zero-order valence-corrected chi connectivity index (χ0v) is 15.5. The van der Waals surface area contributed by atoms with E-state index in [1.807, 2.05) is 6.08 Å². The predicted molar refractivity (Wildman–Crippen MR) is 108 cm³/mol. The highest BCUT2D eigenvalue weighted by Gasteiger charge is 1.93. The van der Waals surface area contributed by atoms with Crippen LogP contribution in [0.1, 0.15) is 51.9 Å². The molecule has 0 rings (SSSR count). The lowest BCUT2D eigenvalue weighted by Gasteiger charge is -1.89. The summed E-state index contributed by atoms with van der Waals surface area (Å²) in [5.74, 6) is -0.335. The smallest absolute Gasteiger partial charge is 0.321 e. The monoisotopic (exact) mass is 346 g/mol. The van der Waals surface area contributed by atoms with Gasteiger partial charge in [-0.2, -0.15) is 0 Å². The average molecular weight is 347 g/mol. The SMILES string of the molecule is CC/C=C\C/C=C\C/C=C\C/C=C\C/C=C\C/C=C\CC(=O)OS. The lowest BCUT2D eigenvalue weighted by Crippen LogP contribution is -1.92. The fourth-order valence-electron chi connectivity index (χ4n) is 1.74. The highest BCUT2D eigenvalue weighted by molar-refractivity contribution is 7.75. The Morgan fingerprint density at radius 3 is 1.33 bits per heavy atom. The van der Waals surface area contributed by atoms with Crippen LogP contribution in [-0.2, 0) is 8.98 Å². The summed E-state index contributed by atoms with van der Waals surface area (Å²) in [6.07, 6.45) is 31.6. The summed E-state index contributed by atoms with van der Waals surface area (Å²) >= 11 is 3.44. The number of carbonyl (C=O) groups excluding carboxylic acids is 1. The van der Waals surface area contributed by atoms with Crippen molar-refractivity contribution in [2.45, 2.75) is 51.9 Å². The van der Waals surface area contributed by atoms with E-state index in [2.05, 4.69) is 84.8 Å². The lowest BCUT2D eigenvalue weighted by molar-refractivity contribution is -0.131. The molecule has 0 aromatic carbocycles. The van der Waals surface area contributed by atoms with Crippen LogP contribution in [0.2, 0.25) is 0 Å². The normalized spacial score (nSPS) is 12.9. The van der Waals surface area contributed by atoms with Crippen molar-refractivity contribution in [2.24, 2.45) is 0 Å². The van der Waals surface area contributed by atoms with Gasteiger partial charge < -0.3 is 4.18 Å². The summed E-state index contributed by atoms with van der Waals surface area (Å²) in [7, 11) is 0. The first-order chi connectivity index (χ1) is 11.8. The third kappa shape index (κ3) is 18.3. The summed E-state index contributed by atoms with van der Waals surface area (Å²) in [6, 6.07) is 0. The van der Waals surface area contributed by atoms with Gasteiger partial charge in [-0.1, -0.05) is 79.8 Å². The molecule has 0 heterocycles. The topological polar surface area (TPSA) is 26.3 Å². The fourth-order valence-corrected chi connectivity index (χ4v) is 1.81. The zero-order chi connectivity index (χ0) is 17.7. The van der Waals surface area contributed by atoms with E-state index in [0.717, 1.165) is 38.5 Å². The molecule has 0 aromatic rings. The van der Waals surface area contributed by atoms with Crippen molar-refractivity contribution in [3.8, 4) is 0 Å². The van der Waals surface area contributed by atoms with Gasteiger partial charge in [0.05, 0.1) is 6.42 Å². The molecule has 24 heavy (non-hydrogen) atoms. The maximum absolute atomic E-state index is 10.8. The van der Waals surface area contributed by atoms with E-state index in [1.165, 1.54) is 0 Å². The van der Waals surface area contributed by atoms with E-state index < -0.39 is 0 Å². The molecule has 132 valence electrons. The Kier molecular flexibility index (Phi) is 17.9. The van der Waals surface area contributed by atoms with Gasteiger partial charge in [-0.3, -0.25) is 4.79 Å². The summed E-state index contributed by atoms with van der Waals surface area (Å²) in [5.41, 5.74) is 0. The molecule has 0 N–H and O–H groups in total. The van der Waals surface area contributed by atoms with Gasteiger partial charge in [-0.05, 0) is 38.5 Å². The standard InChI is InChI=1S/C21H30O2S/c1-2-3-4-5-6-7-8-9-10-11-12-13-14-15-16-17-18-19-20-21(22)23-24/h3-4,6-7,9-10,12-13,15-16,18-19,24H,2,5,8,11,14,17,20H2,1H3/b4-3-,7-6-,10-9-,13-12-,16-15-,19-18-. The highest BCUT2D eigenvalue weighted by atomic mass is 32.1. The second-order valence-corrected chi connectivity index (χ2v) is 5.27. The van der Waals surface area contributed by atoms with Gasteiger partial charge in [-0.25, -0.2) is 0 Å². The van der Waals surface area contributed by atoms with Gasteiger partial charge in [-0.15, -0.1) is 0 Å². The number of thiol groups is 1. The van der Waals surface area contributed by atoms with E-state index in [0.29, 0.717) is 0 Å². The summed E-state index contributed by atoms with van der Waals surface area (Å²) < 4.78 is 4.25. The minimum Gasteiger partial charge on any atom is -0.394 e. The van der Waals surface area contributed by atoms with Crippen LogP contribution in [0.15, 0.2) is 72.9 Å². The first-order valence-electron chi connectivity index (χ1n) is 8.55. The maximum atomic E-state index is 10.8. The number of hydrogen-bond donors (Lipinski definition) is 1. The van der Waals surface area contributed by atoms with Crippen molar-refractivity contribution in [3.63, 3.8) is 0 Å². The van der Waals surface area contributed by atoms with Crippen LogP contribution in [0.25, 0.3) is 0 Å². The molecule has 0 spiro atoms. The molecule has 2 nitrogen and oxygen atoms in total. The molecule has 0 radical (unpaired) electrons. The molecule has 0 fully saturated rings. The number of rotatable bonds is 13. The molecular formula is C21H30O2S. The average Bonchev–Trinajstić information content (AvgIpc) is 2.60. The molecular weight excluding hydrogens is 316 g/mol. The van der Waals surface area contributed by atoms with Crippen molar-refractivity contribution in [1.29, 1.82) is 0 Å². The molecule has 0 atom stereocenters. The van der Waals surface area contributed by atoms with Gasteiger partial charge in [0, 0.05) is 12.9 Å². The summed E-state index contributed by atoms with van der Waals surface area (Å²) in [6.45, 7) is 2.15. The molecule has 0 saturated heterocycles. The van der Waals surface area contributed by atoms with Gasteiger partial charge in [0.25, 0.3) is 0 Å². The van der Waals surface area contributed by atoms with Crippen LogP contribution >= 0.6 is 12.9 Å². The fraction of sp³-hybridized carbons (Fsp3) is 0.381. The van der Waals surface area contributed by atoms with E-state index >= 15 is 0 Å². The molecule has 0 bridgehead atoms. The Bertz CT molecular complexity index is 468. The van der Waals surface area contributed by atoms with Crippen LogP contribution in [-0.4, -0.2) is 5.97 Å². The Morgan fingerprint density at radius 1 is 0.667 bits per heavy atom. The minimum absolute atomic E-state index is 0.272. The second-order valence-electron chi connectivity index (χ2n) is 5.08. The van der Waals surface area contributed by atoms with Crippen LogP contribution in [0.4, 0.5) is 0 Å². The largest absolute Gasteiger partial charge is 0.394 e. The van der Waals surface area contributed by atoms with Gasteiger partial charge in [0.1, 0.15) is 0 Å². The van der Waals surface area contributed by atoms with Crippen LogP contribution < -0.4 is 0 Å². The lowest BCUT2D eigenvalue weighted by atomic mass is 10.2. The molecule has 3 heteroatoms. The van der Waals surface area contributed by atoms with Crippen molar-refractivity contribution in [1.82, 2.24) is 0 Å². The molecule has 0 aliphatic carbocycles. The molecule has 0 aromatic heterocycles. The number of hydrogen-bond acceptors (Lipinski definition) is 3. The quantitative estimate of drug-likeness (QED) is 0.235. The maximum Gasteiger partial charge on any atom is 0.321 e. The number of allylic oxidation sites excluding steroid dienone is 11. The first-order valence-corrected chi connectivity index (χ1v) is 8.92. The van der Waals surface area contributed by atoms with E-state index in [9.17, 15) is 4.79 Å². The van der Waals surface area contributed by atoms with E-state index in [1.54, 1.807) is 6.08 Å². The molecule has 0 saturated carbocycles. The van der Waals surface area contributed by atoms with Crippen LogP contribution in [0.3, 0.4) is 0 Å². The Hall–Kier alpha value is -1.74. The summed E-state index contributed by atoms with van der Waals surface area (Å²) in [4.78, 5) is 10.8. The first kappa shape index (κ1) is 22.3. The van der Waals surface area contributed by atoms with Crippen molar-refractivity contribution in [2.75, 3.05) is 0 Å². The van der Waals surface area contributed by atoms with Gasteiger partial charge >= 0.3 is 5.97 Å². The number of carbonyl (C=O) groups is 1. The van der Waals surface area contributed by atoms with Gasteiger partial charge in [0.2, 0.25) is 0 Å². The zero-order valence-electron chi connectivity index (χ0n) is 14.6. The van der Waals surface area contributed by atoms with Crippen LogP contribution in [0, 0.1) is 0 Å². The molecule has 0 unspecified atom stereocenters. The highest BCUT2D eigenvalue weighted by Crippen LogP contribution is 1.97. The van der Waals surface area contributed by atoms with E-state index in [4.69, 9.17) is 0 Å². The predicted octanol–water partition coefficient (Wildman–Crippen LogP) is 6.46. The van der Waals surface area contributed by atoms with Crippen molar-refractivity contribution >= 4 is 18.9 Å². The van der Waals surface area contributed by atoms with E-state index in [-0.39, 0.29) is 12.4 Å². The third-order valence-electron chi connectivity index (χ3n) is 2.98. The molecule has 0 aliphatic rings. The van der Waals surface area contributed by atoms with Crippen molar-refractivity contribution < 1.29 is 8.98 Å². The van der Waals surface area contributed by atoms with Gasteiger partial charge in [0.15, 0.2) is 0 Å². The van der Waals surface area contributed by atoms with Crippen molar-refractivity contribution in [3.05, 3.63) is 72.9 Å². The third-order valence-corrected chi connectivity index (χ3v) is 3.19. The minimum atomic E-state index is -0.335. The Balaban J connectivity index is 3.54. The Labute approximate surface area is 153 Å². The van der Waals surface area contributed by atoms with Crippen LogP contribution in [0.5, 0.6) is 0 Å². The molecule has 0 aliphatic heterocycles. The molecule has 0 amide bonds.